The second-order valence-electron chi connectivity index (χ2n) is 8.10. The van der Waals surface area contributed by atoms with Crippen molar-refractivity contribution in [1.29, 1.82) is 0 Å². The van der Waals surface area contributed by atoms with Gasteiger partial charge in [-0.25, -0.2) is 13.4 Å². The predicted octanol–water partition coefficient (Wildman–Crippen LogP) is 4.03. The van der Waals surface area contributed by atoms with Gasteiger partial charge in [0, 0.05) is 38.0 Å². The number of fused-ring (bicyclic) bond motifs is 1. The molecule has 0 atom stereocenters. The van der Waals surface area contributed by atoms with Crippen molar-refractivity contribution in [1.82, 2.24) is 9.88 Å². The minimum absolute atomic E-state index is 0.116. The molecule has 3 aromatic rings. The topological polar surface area (TPSA) is 79.8 Å². The number of morpholine rings is 1. The van der Waals surface area contributed by atoms with Gasteiger partial charge in [-0.3, -0.25) is 14.6 Å². The van der Waals surface area contributed by atoms with Crippen molar-refractivity contribution in [2.75, 3.05) is 50.5 Å². The third-order valence-corrected chi connectivity index (χ3v) is 8.28. The van der Waals surface area contributed by atoms with Gasteiger partial charge in [-0.05, 0) is 43.2 Å². The van der Waals surface area contributed by atoms with E-state index in [1.165, 1.54) is 23.5 Å². The summed E-state index contributed by atoms with van der Waals surface area (Å²) < 4.78 is 30.3. The third-order valence-electron chi connectivity index (χ3n) is 5.63. The molecule has 10 heteroatoms. The van der Waals surface area contributed by atoms with Crippen molar-refractivity contribution in [3.8, 4) is 0 Å². The number of anilines is 1. The molecule has 4 rings (SSSR count). The van der Waals surface area contributed by atoms with E-state index in [1.54, 1.807) is 17.0 Å². The van der Waals surface area contributed by atoms with Crippen LogP contribution in [0.4, 0.5) is 5.13 Å². The first-order valence-electron chi connectivity index (χ1n) is 10.7. The van der Waals surface area contributed by atoms with Crippen LogP contribution in [0, 0.1) is 6.92 Å². The zero-order valence-electron chi connectivity index (χ0n) is 18.6. The number of aryl methyl sites for hydroxylation is 1. The summed E-state index contributed by atoms with van der Waals surface area (Å²) in [5, 5.41) is 1.15. The number of sulfone groups is 1. The lowest BCUT2D eigenvalue weighted by molar-refractivity contribution is 0.0376. The van der Waals surface area contributed by atoms with Gasteiger partial charge in [-0.15, -0.1) is 0 Å². The van der Waals surface area contributed by atoms with Gasteiger partial charge >= 0.3 is 0 Å². The molecule has 1 aliphatic rings. The first-order chi connectivity index (χ1) is 15.7. The second kappa shape index (κ2) is 10.1. The van der Waals surface area contributed by atoms with E-state index in [0.717, 1.165) is 61.3 Å². The summed E-state index contributed by atoms with van der Waals surface area (Å²) in [6.07, 6.45) is 1.88. The molecule has 2 heterocycles. The fraction of sp³-hybridized carbons (Fsp3) is 0.391. The highest BCUT2D eigenvalue weighted by atomic mass is 35.5. The molecule has 0 bridgehead atoms. The fourth-order valence-corrected chi connectivity index (χ4v) is 5.79. The Labute approximate surface area is 202 Å². The molecule has 1 fully saturated rings. The maximum atomic E-state index is 13.6. The monoisotopic (exact) mass is 507 g/mol. The number of amides is 1. The SMILES string of the molecule is Cc1ccc(Cl)c2sc(N(CCCN3CCOCC3)C(=O)c3cccc(S(C)(=O)=O)c3)nc12. The van der Waals surface area contributed by atoms with Gasteiger partial charge < -0.3 is 4.74 Å². The van der Waals surface area contributed by atoms with Gasteiger partial charge in [0.05, 0.1) is 33.3 Å². The number of hydrogen-bond acceptors (Lipinski definition) is 7. The Kier molecular flexibility index (Phi) is 7.35. The Morgan fingerprint density at radius 3 is 2.70 bits per heavy atom. The molecule has 0 saturated carbocycles. The summed E-state index contributed by atoms with van der Waals surface area (Å²) in [5.41, 5.74) is 2.07. The van der Waals surface area contributed by atoms with Crippen LogP contribution < -0.4 is 4.90 Å². The molecule has 0 aliphatic carbocycles. The van der Waals surface area contributed by atoms with Crippen molar-refractivity contribution >= 4 is 54.0 Å². The minimum atomic E-state index is -3.43. The fourth-order valence-electron chi connectivity index (χ4n) is 3.78. The van der Waals surface area contributed by atoms with Crippen LogP contribution in [0.25, 0.3) is 10.2 Å². The van der Waals surface area contributed by atoms with E-state index >= 15 is 0 Å². The van der Waals surface area contributed by atoms with Crippen LogP contribution in [0.5, 0.6) is 0 Å². The van der Waals surface area contributed by atoms with Crippen LogP contribution in [0.3, 0.4) is 0 Å². The van der Waals surface area contributed by atoms with Crippen LogP contribution in [-0.4, -0.2) is 69.9 Å². The Morgan fingerprint density at radius 2 is 2.00 bits per heavy atom. The average molecular weight is 508 g/mol. The van der Waals surface area contributed by atoms with Crippen LogP contribution in [0.15, 0.2) is 41.3 Å². The molecule has 7 nitrogen and oxygen atoms in total. The molecule has 0 unspecified atom stereocenters. The zero-order valence-corrected chi connectivity index (χ0v) is 21.0. The Bertz CT molecular complexity index is 1230. The number of nitrogens with zero attached hydrogens (tertiary/aromatic N) is 3. The van der Waals surface area contributed by atoms with Gasteiger partial charge in [0.2, 0.25) is 0 Å². The molecule has 0 N–H and O–H groups in total. The number of halogens is 1. The molecular weight excluding hydrogens is 482 g/mol. The average Bonchev–Trinajstić information content (AvgIpc) is 3.26. The van der Waals surface area contributed by atoms with E-state index < -0.39 is 9.84 Å². The molecule has 0 radical (unpaired) electrons. The highest BCUT2D eigenvalue weighted by Gasteiger charge is 2.24. The molecular formula is C23H26ClN3O4S2. The number of hydrogen-bond donors (Lipinski definition) is 0. The molecule has 33 heavy (non-hydrogen) atoms. The summed E-state index contributed by atoms with van der Waals surface area (Å²) in [7, 11) is -3.43. The minimum Gasteiger partial charge on any atom is -0.379 e. The van der Waals surface area contributed by atoms with Crippen LogP contribution in [0.1, 0.15) is 22.3 Å². The predicted molar refractivity (Wildman–Crippen MR) is 132 cm³/mol. The summed E-state index contributed by atoms with van der Waals surface area (Å²) in [6, 6.07) is 9.90. The molecule has 1 amide bonds. The number of aromatic nitrogens is 1. The summed E-state index contributed by atoms with van der Waals surface area (Å²) in [5.74, 6) is -0.282. The lowest BCUT2D eigenvalue weighted by atomic mass is 10.2. The van der Waals surface area contributed by atoms with Crippen LogP contribution in [0.2, 0.25) is 5.02 Å². The van der Waals surface area contributed by atoms with E-state index in [4.69, 9.17) is 21.3 Å². The van der Waals surface area contributed by atoms with E-state index in [9.17, 15) is 13.2 Å². The Morgan fingerprint density at radius 1 is 1.24 bits per heavy atom. The first kappa shape index (κ1) is 24.1. The quantitative estimate of drug-likeness (QED) is 0.480. The number of benzene rings is 2. The zero-order chi connectivity index (χ0) is 23.6. The van der Waals surface area contributed by atoms with Gasteiger partial charge in [-0.2, -0.15) is 0 Å². The van der Waals surface area contributed by atoms with Crippen molar-refractivity contribution < 1.29 is 17.9 Å². The number of carbonyl (C=O) groups is 1. The van der Waals surface area contributed by atoms with E-state index in [0.29, 0.717) is 22.3 Å². The van der Waals surface area contributed by atoms with E-state index in [1.807, 2.05) is 19.1 Å². The van der Waals surface area contributed by atoms with Crippen molar-refractivity contribution in [2.45, 2.75) is 18.2 Å². The second-order valence-corrected chi connectivity index (χ2v) is 11.5. The molecule has 2 aromatic carbocycles. The maximum Gasteiger partial charge on any atom is 0.260 e. The number of ether oxygens (including phenoxy) is 1. The van der Waals surface area contributed by atoms with Crippen LogP contribution in [-0.2, 0) is 14.6 Å². The molecule has 1 saturated heterocycles. The number of rotatable bonds is 7. The molecule has 0 spiro atoms. The van der Waals surface area contributed by atoms with E-state index in [2.05, 4.69) is 4.90 Å². The first-order valence-corrected chi connectivity index (χ1v) is 13.8. The smallest absolute Gasteiger partial charge is 0.260 e. The highest BCUT2D eigenvalue weighted by molar-refractivity contribution is 7.90. The summed E-state index contributed by atoms with van der Waals surface area (Å²) in [6.45, 7) is 6.44. The highest BCUT2D eigenvalue weighted by Crippen LogP contribution is 2.36. The summed E-state index contributed by atoms with van der Waals surface area (Å²) in [4.78, 5) is 22.4. The number of carbonyl (C=O) groups excluding carboxylic acids is 1. The lowest BCUT2D eigenvalue weighted by Gasteiger charge is -2.27. The summed E-state index contributed by atoms with van der Waals surface area (Å²) >= 11 is 7.78. The maximum absolute atomic E-state index is 13.6. The Balaban J connectivity index is 1.66. The van der Waals surface area contributed by atoms with Gasteiger partial charge in [0.1, 0.15) is 0 Å². The van der Waals surface area contributed by atoms with Crippen molar-refractivity contribution in [2.24, 2.45) is 0 Å². The van der Waals surface area contributed by atoms with Gasteiger partial charge in [0.15, 0.2) is 15.0 Å². The van der Waals surface area contributed by atoms with Crippen LogP contribution >= 0.6 is 22.9 Å². The van der Waals surface area contributed by atoms with Gasteiger partial charge in [0.25, 0.3) is 5.91 Å². The largest absolute Gasteiger partial charge is 0.379 e. The Hall–Kier alpha value is -2.04. The molecule has 176 valence electrons. The van der Waals surface area contributed by atoms with Gasteiger partial charge in [-0.1, -0.05) is 35.1 Å². The van der Waals surface area contributed by atoms with E-state index in [-0.39, 0.29) is 10.8 Å². The van der Waals surface area contributed by atoms with Crippen molar-refractivity contribution in [3.63, 3.8) is 0 Å². The number of thiazole rings is 1. The normalized spacial score (nSPS) is 15.1. The molecule has 1 aliphatic heterocycles. The third kappa shape index (κ3) is 5.55. The molecule has 1 aromatic heterocycles. The van der Waals surface area contributed by atoms with Crippen molar-refractivity contribution in [3.05, 3.63) is 52.5 Å². The standard InChI is InChI=1S/C23H26ClN3O4S2/c1-16-7-8-19(24)21-20(16)25-23(32-21)27(10-4-9-26-11-13-31-14-12-26)22(28)17-5-3-6-18(15-17)33(2,29)30/h3,5-8,15H,4,9-14H2,1-2H3. The lowest BCUT2D eigenvalue weighted by Crippen LogP contribution is -2.39.